The van der Waals surface area contributed by atoms with Gasteiger partial charge in [0.25, 0.3) is 6.43 Å². The second kappa shape index (κ2) is 7.83. The fraction of sp³-hybridized carbons (Fsp3) is 0.294. The summed E-state index contributed by atoms with van der Waals surface area (Å²) in [5, 5.41) is 10.3. The molecule has 142 valence electrons. The van der Waals surface area contributed by atoms with Crippen molar-refractivity contribution in [1.82, 2.24) is 24.5 Å². The molecule has 0 aliphatic carbocycles. The van der Waals surface area contributed by atoms with Gasteiger partial charge in [-0.15, -0.1) is 5.10 Å². The van der Waals surface area contributed by atoms with Crippen LogP contribution in [-0.2, 0) is 17.9 Å². The molecule has 0 saturated heterocycles. The normalized spacial score (nSPS) is 11.2. The molecule has 2 heterocycles. The number of rotatable bonds is 6. The van der Waals surface area contributed by atoms with Crippen molar-refractivity contribution in [3.63, 3.8) is 0 Å². The predicted molar refractivity (Wildman–Crippen MR) is 95.9 cm³/mol. The first-order valence-corrected chi connectivity index (χ1v) is 8.47. The molecule has 0 spiro atoms. The summed E-state index contributed by atoms with van der Waals surface area (Å²) in [7, 11) is 0. The molecular weight excluding hydrogens is 378 g/mol. The maximum absolute atomic E-state index is 12.8. The second-order valence-electron chi connectivity index (χ2n) is 5.98. The van der Waals surface area contributed by atoms with E-state index in [0.29, 0.717) is 12.2 Å². The third kappa shape index (κ3) is 4.30. The van der Waals surface area contributed by atoms with Crippen LogP contribution in [0.25, 0.3) is 0 Å². The van der Waals surface area contributed by atoms with E-state index in [1.807, 2.05) is 31.2 Å². The van der Waals surface area contributed by atoms with Crippen molar-refractivity contribution in [3.8, 4) is 0 Å². The van der Waals surface area contributed by atoms with Crippen LogP contribution in [0.4, 0.5) is 14.7 Å². The van der Waals surface area contributed by atoms with Gasteiger partial charge in [0.2, 0.25) is 11.9 Å². The zero-order valence-corrected chi connectivity index (χ0v) is 15.4. The van der Waals surface area contributed by atoms with Gasteiger partial charge in [0.05, 0.1) is 17.3 Å². The number of nitrogens with zero attached hydrogens (tertiary/aromatic N) is 5. The van der Waals surface area contributed by atoms with Gasteiger partial charge < -0.3 is 0 Å². The Morgan fingerprint density at radius 3 is 2.67 bits per heavy atom. The van der Waals surface area contributed by atoms with Crippen molar-refractivity contribution in [2.24, 2.45) is 0 Å². The molecule has 0 bridgehead atoms. The van der Waals surface area contributed by atoms with Gasteiger partial charge in [-0.1, -0.05) is 35.9 Å². The molecule has 0 aliphatic heterocycles. The Morgan fingerprint density at radius 2 is 2.00 bits per heavy atom. The van der Waals surface area contributed by atoms with Crippen LogP contribution in [0, 0.1) is 13.8 Å². The van der Waals surface area contributed by atoms with Crippen molar-refractivity contribution in [2.45, 2.75) is 33.4 Å². The monoisotopic (exact) mass is 394 g/mol. The number of aryl methyl sites for hydroxylation is 1. The number of amides is 1. The molecule has 3 aromatic rings. The maximum atomic E-state index is 12.8. The van der Waals surface area contributed by atoms with Gasteiger partial charge in [0.15, 0.2) is 0 Å². The van der Waals surface area contributed by atoms with E-state index in [0.717, 1.165) is 15.8 Å². The van der Waals surface area contributed by atoms with Crippen LogP contribution >= 0.6 is 11.6 Å². The van der Waals surface area contributed by atoms with Gasteiger partial charge in [0.1, 0.15) is 18.6 Å². The third-order valence-electron chi connectivity index (χ3n) is 4.04. The minimum absolute atomic E-state index is 0.124. The lowest BCUT2D eigenvalue weighted by Crippen LogP contribution is -2.21. The largest absolute Gasteiger partial charge is 0.292 e. The Labute approximate surface area is 159 Å². The van der Waals surface area contributed by atoms with E-state index in [-0.39, 0.29) is 17.5 Å². The Bertz CT molecular complexity index is 968. The highest BCUT2D eigenvalue weighted by molar-refractivity contribution is 6.31. The van der Waals surface area contributed by atoms with Crippen LogP contribution in [0.3, 0.4) is 0 Å². The summed E-state index contributed by atoms with van der Waals surface area (Å²) in [5.41, 5.74) is 1.96. The van der Waals surface area contributed by atoms with Crippen molar-refractivity contribution < 1.29 is 13.6 Å². The summed E-state index contributed by atoms with van der Waals surface area (Å²) in [5.74, 6) is -0.370. The molecule has 0 saturated carbocycles. The summed E-state index contributed by atoms with van der Waals surface area (Å²) < 4.78 is 28.4. The van der Waals surface area contributed by atoms with Gasteiger partial charge >= 0.3 is 0 Å². The van der Waals surface area contributed by atoms with Gasteiger partial charge in [-0.3, -0.25) is 14.8 Å². The molecule has 27 heavy (non-hydrogen) atoms. The second-order valence-corrected chi connectivity index (χ2v) is 6.36. The highest BCUT2D eigenvalue weighted by atomic mass is 35.5. The molecule has 7 nitrogen and oxygen atoms in total. The Kier molecular flexibility index (Phi) is 5.50. The maximum Gasteiger partial charge on any atom is 0.283 e. The third-order valence-corrected chi connectivity index (χ3v) is 4.51. The highest BCUT2D eigenvalue weighted by Crippen LogP contribution is 2.28. The number of anilines is 1. The van der Waals surface area contributed by atoms with Crippen molar-refractivity contribution in [2.75, 3.05) is 5.32 Å². The van der Waals surface area contributed by atoms with Crippen molar-refractivity contribution in [3.05, 3.63) is 58.1 Å². The van der Waals surface area contributed by atoms with Gasteiger partial charge in [-0.25, -0.2) is 18.4 Å². The molecule has 3 rings (SSSR count). The van der Waals surface area contributed by atoms with E-state index >= 15 is 0 Å². The molecule has 2 aromatic heterocycles. The summed E-state index contributed by atoms with van der Waals surface area (Å²) in [4.78, 5) is 16.2. The lowest BCUT2D eigenvalue weighted by molar-refractivity contribution is -0.117. The standard InChI is InChI=1S/C17H17ClF2N6O/c1-10-5-3-4-6-12(10)7-25-9-21-17(24-25)22-13(27)8-26-11(2)14(18)15(23-26)16(19)20/h3-6,9,16H,7-8H2,1-2H3,(H,22,24,27). The summed E-state index contributed by atoms with van der Waals surface area (Å²) in [6.07, 6.45) is -1.30. The quantitative estimate of drug-likeness (QED) is 0.695. The molecule has 0 fully saturated rings. The Hall–Kier alpha value is -2.81. The average Bonchev–Trinajstić information content (AvgIpc) is 3.16. The first-order valence-electron chi connectivity index (χ1n) is 8.10. The van der Waals surface area contributed by atoms with Crippen LogP contribution in [0.15, 0.2) is 30.6 Å². The number of benzene rings is 1. The molecule has 0 aliphatic rings. The summed E-state index contributed by atoms with van der Waals surface area (Å²) in [6.45, 7) is 3.76. The van der Waals surface area contributed by atoms with Gasteiger partial charge in [-0.2, -0.15) is 5.10 Å². The molecule has 1 amide bonds. The molecular formula is C17H17ClF2N6O. The number of carbonyl (C=O) groups is 1. The molecule has 0 radical (unpaired) electrons. The fourth-order valence-corrected chi connectivity index (χ4v) is 2.75. The molecule has 0 unspecified atom stereocenters. The first-order chi connectivity index (χ1) is 12.8. The molecule has 1 N–H and O–H groups in total. The van der Waals surface area contributed by atoms with Crippen LogP contribution in [-0.4, -0.2) is 30.5 Å². The predicted octanol–water partition coefficient (Wildman–Crippen LogP) is 3.37. The average molecular weight is 395 g/mol. The number of halogens is 3. The Balaban J connectivity index is 1.65. The van der Waals surface area contributed by atoms with Crippen LogP contribution in [0.5, 0.6) is 0 Å². The van der Waals surface area contributed by atoms with E-state index in [9.17, 15) is 13.6 Å². The zero-order valence-electron chi connectivity index (χ0n) is 14.7. The van der Waals surface area contributed by atoms with Gasteiger partial charge in [-0.05, 0) is 25.0 Å². The number of alkyl halides is 2. The van der Waals surface area contributed by atoms with E-state index in [1.165, 1.54) is 13.3 Å². The van der Waals surface area contributed by atoms with Crippen LogP contribution < -0.4 is 5.32 Å². The number of nitrogens with one attached hydrogen (secondary N) is 1. The highest BCUT2D eigenvalue weighted by Gasteiger charge is 2.21. The molecule has 0 atom stereocenters. The van der Waals surface area contributed by atoms with Crippen LogP contribution in [0.1, 0.15) is 28.9 Å². The van der Waals surface area contributed by atoms with Crippen molar-refractivity contribution >= 4 is 23.5 Å². The first kappa shape index (κ1) is 19.0. The minimum atomic E-state index is -2.81. The minimum Gasteiger partial charge on any atom is -0.292 e. The van der Waals surface area contributed by atoms with Crippen molar-refractivity contribution in [1.29, 1.82) is 0 Å². The summed E-state index contributed by atoms with van der Waals surface area (Å²) >= 11 is 5.82. The fourth-order valence-electron chi connectivity index (χ4n) is 2.53. The molecule has 1 aromatic carbocycles. The van der Waals surface area contributed by atoms with Gasteiger partial charge in [0, 0.05) is 0 Å². The lowest BCUT2D eigenvalue weighted by Gasteiger charge is -2.05. The lowest BCUT2D eigenvalue weighted by atomic mass is 10.1. The number of aromatic nitrogens is 5. The topological polar surface area (TPSA) is 77.6 Å². The Morgan fingerprint density at radius 1 is 1.26 bits per heavy atom. The molecule has 10 heteroatoms. The summed E-state index contributed by atoms with van der Waals surface area (Å²) in [6, 6.07) is 7.88. The smallest absolute Gasteiger partial charge is 0.283 e. The van der Waals surface area contributed by atoms with E-state index in [4.69, 9.17) is 11.6 Å². The zero-order chi connectivity index (χ0) is 19.6. The van der Waals surface area contributed by atoms with E-state index in [1.54, 1.807) is 4.68 Å². The van der Waals surface area contributed by atoms with E-state index in [2.05, 4.69) is 20.5 Å². The number of hydrogen-bond donors (Lipinski definition) is 1. The number of hydrogen-bond acceptors (Lipinski definition) is 4. The van der Waals surface area contributed by atoms with E-state index < -0.39 is 18.0 Å². The number of carbonyl (C=O) groups excluding carboxylic acids is 1. The SMILES string of the molecule is Cc1ccccc1Cn1cnc(NC(=O)Cn2nc(C(F)F)c(Cl)c2C)n1. The van der Waals surface area contributed by atoms with Crippen LogP contribution in [0.2, 0.25) is 5.02 Å².